The number of hydrogen-bond donors (Lipinski definition) is 0. The number of amides is 1. The smallest absolute Gasteiger partial charge is 0.410 e. The van der Waals surface area contributed by atoms with E-state index < -0.39 is 5.60 Å². The Labute approximate surface area is 190 Å². The highest BCUT2D eigenvalue weighted by Crippen LogP contribution is 2.39. The number of rotatable bonds is 5. The van der Waals surface area contributed by atoms with Crippen molar-refractivity contribution in [2.45, 2.75) is 51.4 Å². The van der Waals surface area contributed by atoms with Gasteiger partial charge in [-0.2, -0.15) is 0 Å². The average Bonchev–Trinajstić information content (AvgIpc) is 3.12. The van der Waals surface area contributed by atoms with Gasteiger partial charge in [0.1, 0.15) is 17.5 Å². The van der Waals surface area contributed by atoms with Gasteiger partial charge in [0.25, 0.3) is 0 Å². The van der Waals surface area contributed by atoms with Gasteiger partial charge in [0.05, 0.1) is 6.04 Å². The van der Waals surface area contributed by atoms with Gasteiger partial charge in [-0.25, -0.2) is 4.79 Å². The summed E-state index contributed by atoms with van der Waals surface area (Å²) < 4.78 is 12.3. The Balaban J connectivity index is 1.62. The zero-order valence-electron chi connectivity index (χ0n) is 19.2. The average molecular weight is 430 g/mol. The molecule has 0 aromatic heterocycles. The van der Waals surface area contributed by atoms with Crippen LogP contribution in [0.5, 0.6) is 5.75 Å². The molecule has 3 aromatic carbocycles. The van der Waals surface area contributed by atoms with Crippen molar-refractivity contribution in [1.29, 1.82) is 0 Å². The van der Waals surface area contributed by atoms with E-state index in [4.69, 9.17) is 9.47 Å². The monoisotopic (exact) mass is 429 g/mol. The van der Waals surface area contributed by atoms with Crippen molar-refractivity contribution in [2.75, 3.05) is 7.05 Å². The molecule has 4 heteroatoms. The second kappa shape index (κ2) is 9.07. The summed E-state index contributed by atoms with van der Waals surface area (Å²) in [6.45, 7) is 5.65. The Bertz CT molecular complexity index is 1070. The van der Waals surface area contributed by atoms with Gasteiger partial charge in [-0.3, -0.25) is 0 Å². The highest BCUT2D eigenvalue weighted by Gasteiger charge is 2.40. The Morgan fingerprint density at radius 2 is 1.59 bits per heavy atom. The first-order valence-electron chi connectivity index (χ1n) is 11.1. The van der Waals surface area contributed by atoms with Crippen molar-refractivity contribution >= 4 is 6.09 Å². The van der Waals surface area contributed by atoms with Gasteiger partial charge in [0, 0.05) is 13.5 Å². The summed E-state index contributed by atoms with van der Waals surface area (Å²) >= 11 is 0. The first-order valence-corrected chi connectivity index (χ1v) is 11.1. The molecule has 4 rings (SSSR count). The first kappa shape index (κ1) is 21.9. The molecule has 0 radical (unpaired) electrons. The largest absolute Gasteiger partial charge is 0.483 e. The molecule has 0 bridgehead atoms. The normalized spacial score (nSPS) is 17.5. The van der Waals surface area contributed by atoms with Crippen molar-refractivity contribution in [3.63, 3.8) is 0 Å². The Kier molecular flexibility index (Phi) is 6.22. The van der Waals surface area contributed by atoms with Crippen LogP contribution in [-0.4, -0.2) is 29.7 Å². The Hall–Kier alpha value is -3.27. The number of carbonyl (C=O) groups is 1. The van der Waals surface area contributed by atoms with Crippen LogP contribution < -0.4 is 4.74 Å². The van der Waals surface area contributed by atoms with Gasteiger partial charge in [0.15, 0.2) is 0 Å². The maximum absolute atomic E-state index is 12.9. The number of fused-ring (bicyclic) bond motifs is 1. The van der Waals surface area contributed by atoms with E-state index in [1.54, 1.807) is 11.9 Å². The van der Waals surface area contributed by atoms with E-state index >= 15 is 0 Å². The zero-order valence-corrected chi connectivity index (χ0v) is 19.2. The number of carbonyl (C=O) groups excluding carboxylic acids is 1. The molecule has 4 nitrogen and oxygen atoms in total. The molecule has 0 aliphatic heterocycles. The molecule has 1 aliphatic rings. The lowest BCUT2D eigenvalue weighted by atomic mass is 10.0. The third kappa shape index (κ3) is 4.96. The van der Waals surface area contributed by atoms with E-state index in [1.807, 2.05) is 57.2 Å². The maximum Gasteiger partial charge on any atom is 0.410 e. The molecule has 0 saturated carbocycles. The molecule has 0 spiro atoms. The molecule has 0 fully saturated rings. The SMILES string of the molecule is CN(C(=O)OC(C)(C)C)[C@H]1Cc2ccccc2[C@H]1Oc1ccccc1Cc1ccccc1. The number of para-hydroxylation sites is 1. The topological polar surface area (TPSA) is 38.8 Å². The van der Waals surface area contributed by atoms with Crippen LogP contribution in [0.25, 0.3) is 0 Å². The van der Waals surface area contributed by atoms with Gasteiger partial charge in [-0.1, -0.05) is 72.8 Å². The van der Waals surface area contributed by atoms with Crippen LogP contribution >= 0.6 is 0 Å². The number of hydrogen-bond acceptors (Lipinski definition) is 3. The minimum Gasteiger partial charge on any atom is -0.483 e. The van der Waals surface area contributed by atoms with Crippen LogP contribution in [0.4, 0.5) is 4.79 Å². The van der Waals surface area contributed by atoms with Crippen LogP contribution in [0, 0.1) is 0 Å². The standard InChI is InChI=1S/C28H31NO3/c1-28(2,3)32-27(30)29(4)24-19-21-14-8-10-16-23(21)26(24)31-25-17-11-9-15-22(25)18-20-12-6-5-7-13-20/h5-17,24,26H,18-19H2,1-4H3/t24-,26+/m0/s1. The van der Waals surface area contributed by atoms with Gasteiger partial charge in [0.2, 0.25) is 0 Å². The van der Waals surface area contributed by atoms with Crippen molar-refractivity contribution < 1.29 is 14.3 Å². The third-order valence-corrected chi connectivity index (χ3v) is 5.78. The lowest BCUT2D eigenvalue weighted by molar-refractivity contribution is 0.00921. The van der Waals surface area contributed by atoms with Gasteiger partial charge in [-0.15, -0.1) is 0 Å². The second-order valence-electron chi connectivity index (χ2n) is 9.37. The van der Waals surface area contributed by atoms with Crippen molar-refractivity contribution in [2.24, 2.45) is 0 Å². The maximum atomic E-state index is 12.9. The number of benzene rings is 3. The molecule has 0 unspecified atom stereocenters. The molecular weight excluding hydrogens is 398 g/mol. The van der Waals surface area contributed by atoms with E-state index in [0.717, 1.165) is 29.7 Å². The van der Waals surface area contributed by atoms with E-state index in [0.29, 0.717) is 0 Å². The second-order valence-corrected chi connectivity index (χ2v) is 9.37. The molecule has 166 valence electrons. The van der Waals surface area contributed by atoms with Gasteiger partial charge in [-0.05, 0) is 55.5 Å². The minimum atomic E-state index is -0.546. The lowest BCUT2D eigenvalue weighted by Crippen LogP contribution is -2.44. The van der Waals surface area contributed by atoms with E-state index in [1.165, 1.54) is 11.1 Å². The summed E-state index contributed by atoms with van der Waals surface area (Å²) in [4.78, 5) is 14.5. The number of ether oxygens (including phenoxy) is 2. The number of likely N-dealkylation sites (N-methyl/N-ethyl adjacent to an activating group) is 1. The van der Waals surface area contributed by atoms with Crippen LogP contribution in [0.3, 0.4) is 0 Å². The highest BCUT2D eigenvalue weighted by atomic mass is 16.6. The molecule has 0 N–H and O–H groups in total. The fourth-order valence-corrected chi connectivity index (χ4v) is 4.21. The summed E-state index contributed by atoms with van der Waals surface area (Å²) in [6.07, 6.45) is 0.928. The van der Waals surface area contributed by atoms with Gasteiger partial charge >= 0.3 is 6.09 Å². The lowest BCUT2D eigenvalue weighted by Gasteiger charge is -2.32. The van der Waals surface area contributed by atoms with E-state index in [2.05, 4.69) is 42.5 Å². The summed E-state index contributed by atoms with van der Waals surface area (Å²) in [6, 6.07) is 26.7. The van der Waals surface area contributed by atoms with Crippen LogP contribution in [0.15, 0.2) is 78.9 Å². The van der Waals surface area contributed by atoms with Crippen LogP contribution in [0.1, 0.15) is 49.1 Å². The molecular formula is C28H31NO3. The van der Waals surface area contributed by atoms with Crippen LogP contribution in [0.2, 0.25) is 0 Å². The van der Waals surface area contributed by atoms with Crippen molar-refractivity contribution in [1.82, 2.24) is 4.90 Å². The molecule has 1 amide bonds. The fourth-order valence-electron chi connectivity index (χ4n) is 4.21. The molecule has 0 saturated heterocycles. The van der Waals surface area contributed by atoms with E-state index in [9.17, 15) is 4.79 Å². The zero-order chi connectivity index (χ0) is 22.7. The minimum absolute atomic E-state index is 0.146. The first-order chi connectivity index (χ1) is 15.3. The summed E-state index contributed by atoms with van der Waals surface area (Å²) in [5.74, 6) is 0.848. The highest BCUT2D eigenvalue weighted by molar-refractivity contribution is 5.68. The quantitative estimate of drug-likeness (QED) is 0.485. The number of nitrogens with zero attached hydrogens (tertiary/aromatic N) is 1. The van der Waals surface area contributed by atoms with Gasteiger partial charge < -0.3 is 14.4 Å². The summed E-state index contributed by atoms with van der Waals surface area (Å²) in [5.41, 5.74) is 4.15. The Morgan fingerprint density at radius 1 is 0.938 bits per heavy atom. The fraction of sp³-hybridized carbons (Fsp3) is 0.321. The van der Waals surface area contributed by atoms with Crippen molar-refractivity contribution in [3.05, 3.63) is 101 Å². The molecule has 3 aromatic rings. The summed E-state index contributed by atoms with van der Waals surface area (Å²) in [5, 5.41) is 0. The Morgan fingerprint density at radius 3 is 2.34 bits per heavy atom. The molecule has 32 heavy (non-hydrogen) atoms. The molecule has 2 atom stereocenters. The predicted octanol–water partition coefficient (Wildman–Crippen LogP) is 6.19. The van der Waals surface area contributed by atoms with Crippen molar-refractivity contribution in [3.8, 4) is 5.75 Å². The molecule has 1 aliphatic carbocycles. The summed E-state index contributed by atoms with van der Waals surface area (Å²) in [7, 11) is 1.80. The predicted molar refractivity (Wildman–Crippen MR) is 127 cm³/mol. The van der Waals surface area contributed by atoms with E-state index in [-0.39, 0.29) is 18.2 Å². The van der Waals surface area contributed by atoms with Crippen LogP contribution in [-0.2, 0) is 17.6 Å². The molecule has 0 heterocycles. The third-order valence-electron chi connectivity index (χ3n) is 5.78.